The highest BCUT2D eigenvalue weighted by Crippen LogP contribution is 2.15. The third-order valence-electron chi connectivity index (χ3n) is 3.23. The summed E-state index contributed by atoms with van der Waals surface area (Å²) in [4.78, 5) is 4.56. The van der Waals surface area contributed by atoms with Gasteiger partial charge < -0.3 is 20.1 Å². The second kappa shape index (κ2) is 15.5. The number of nitrogens with one attached hydrogen (secondary N) is 2. The Morgan fingerprint density at radius 3 is 2.58 bits per heavy atom. The van der Waals surface area contributed by atoms with Crippen LogP contribution in [0.4, 0.5) is 0 Å². The second-order valence-electron chi connectivity index (χ2n) is 5.21. The van der Waals surface area contributed by atoms with Crippen LogP contribution in [-0.2, 0) is 4.74 Å². The highest BCUT2D eigenvalue weighted by molar-refractivity contribution is 14.0. The van der Waals surface area contributed by atoms with E-state index in [0.717, 1.165) is 57.4 Å². The molecule has 0 fully saturated rings. The normalized spacial score (nSPS) is 10.9. The van der Waals surface area contributed by atoms with Gasteiger partial charge in [0.2, 0.25) is 0 Å². The van der Waals surface area contributed by atoms with Crippen molar-refractivity contribution in [2.45, 2.75) is 33.6 Å². The van der Waals surface area contributed by atoms with Crippen LogP contribution in [0.25, 0.3) is 0 Å². The van der Waals surface area contributed by atoms with Crippen LogP contribution in [0.2, 0.25) is 0 Å². The van der Waals surface area contributed by atoms with E-state index in [0.29, 0.717) is 6.61 Å². The van der Waals surface area contributed by atoms with E-state index in [1.54, 1.807) is 0 Å². The lowest BCUT2D eigenvalue weighted by Crippen LogP contribution is -2.38. The quantitative estimate of drug-likeness (QED) is 0.236. The Hall–Kier alpha value is -1.02. The Kier molecular flexibility index (Phi) is 14.8. The molecule has 0 spiro atoms. The molecule has 5 nitrogen and oxygen atoms in total. The molecule has 2 N–H and O–H groups in total. The smallest absolute Gasteiger partial charge is 0.191 e. The summed E-state index contributed by atoms with van der Waals surface area (Å²) < 4.78 is 11.1. The van der Waals surface area contributed by atoms with Gasteiger partial charge in [0.1, 0.15) is 5.75 Å². The number of hydrogen-bond acceptors (Lipinski definition) is 3. The molecular formula is C18H32IN3O2. The molecule has 6 heteroatoms. The third-order valence-corrected chi connectivity index (χ3v) is 3.23. The van der Waals surface area contributed by atoms with Crippen molar-refractivity contribution in [3.05, 3.63) is 29.8 Å². The van der Waals surface area contributed by atoms with Gasteiger partial charge in [0.05, 0.1) is 6.61 Å². The minimum absolute atomic E-state index is 0. The fraction of sp³-hybridized carbons (Fsp3) is 0.611. The Bertz CT molecular complexity index is 456. The first-order valence-corrected chi connectivity index (χ1v) is 8.56. The molecule has 1 aromatic rings. The van der Waals surface area contributed by atoms with Crippen molar-refractivity contribution in [3.63, 3.8) is 0 Å². The maximum atomic E-state index is 5.78. The topological polar surface area (TPSA) is 54.9 Å². The van der Waals surface area contributed by atoms with Crippen molar-refractivity contribution >= 4 is 29.9 Å². The monoisotopic (exact) mass is 449 g/mol. The largest absolute Gasteiger partial charge is 0.493 e. The van der Waals surface area contributed by atoms with Gasteiger partial charge >= 0.3 is 0 Å². The standard InChI is InChI=1S/C18H31N3O2.HI/c1-4-19-18(20-12-8-14-22-5-2)21-13-9-15-23-17-11-7-6-10-16(17)3;/h6-7,10-11H,4-5,8-9,12-15H2,1-3H3,(H2,19,20,21);1H. The van der Waals surface area contributed by atoms with Crippen LogP contribution in [0.3, 0.4) is 0 Å². The average Bonchev–Trinajstić information content (AvgIpc) is 2.55. The third kappa shape index (κ3) is 10.7. The molecule has 24 heavy (non-hydrogen) atoms. The van der Waals surface area contributed by atoms with Gasteiger partial charge in [-0.3, -0.25) is 4.99 Å². The number of hydrogen-bond donors (Lipinski definition) is 2. The molecule has 0 aliphatic carbocycles. The van der Waals surface area contributed by atoms with Crippen molar-refractivity contribution in [3.8, 4) is 5.75 Å². The molecule has 0 saturated carbocycles. The van der Waals surface area contributed by atoms with Gasteiger partial charge in [-0.1, -0.05) is 18.2 Å². The summed E-state index contributed by atoms with van der Waals surface area (Å²) in [7, 11) is 0. The Labute approximate surface area is 163 Å². The molecule has 0 aliphatic heterocycles. The molecule has 0 radical (unpaired) electrons. The number of halogens is 1. The number of rotatable bonds is 11. The van der Waals surface area contributed by atoms with Crippen molar-refractivity contribution in [1.29, 1.82) is 0 Å². The predicted molar refractivity (Wildman–Crippen MR) is 112 cm³/mol. The number of guanidine groups is 1. The van der Waals surface area contributed by atoms with Crippen LogP contribution >= 0.6 is 24.0 Å². The summed E-state index contributed by atoms with van der Waals surface area (Å²) >= 11 is 0. The number of benzene rings is 1. The maximum absolute atomic E-state index is 5.78. The average molecular weight is 449 g/mol. The number of ether oxygens (including phenoxy) is 2. The lowest BCUT2D eigenvalue weighted by atomic mass is 10.2. The van der Waals surface area contributed by atoms with E-state index in [-0.39, 0.29) is 24.0 Å². The maximum Gasteiger partial charge on any atom is 0.191 e. The van der Waals surface area contributed by atoms with E-state index in [1.807, 2.05) is 25.1 Å². The van der Waals surface area contributed by atoms with Gasteiger partial charge in [-0.25, -0.2) is 0 Å². The van der Waals surface area contributed by atoms with Crippen LogP contribution in [0.15, 0.2) is 29.3 Å². The highest BCUT2D eigenvalue weighted by Gasteiger charge is 1.98. The van der Waals surface area contributed by atoms with E-state index in [2.05, 4.69) is 35.5 Å². The van der Waals surface area contributed by atoms with Crippen molar-refractivity contribution < 1.29 is 9.47 Å². The van der Waals surface area contributed by atoms with Gasteiger partial charge in [-0.15, -0.1) is 24.0 Å². The Morgan fingerprint density at radius 2 is 1.88 bits per heavy atom. The summed E-state index contributed by atoms with van der Waals surface area (Å²) in [5, 5.41) is 6.56. The van der Waals surface area contributed by atoms with E-state index in [1.165, 1.54) is 5.56 Å². The molecular weight excluding hydrogens is 417 g/mol. The minimum Gasteiger partial charge on any atom is -0.493 e. The van der Waals surface area contributed by atoms with Crippen LogP contribution < -0.4 is 15.4 Å². The van der Waals surface area contributed by atoms with Gasteiger partial charge in [0.25, 0.3) is 0 Å². The molecule has 0 atom stereocenters. The molecule has 0 aliphatic rings. The number of aliphatic imine (C=N–C) groups is 1. The molecule has 1 aromatic carbocycles. The molecule has 0 amide bonds. The highest BCUT2D eigenvalue weighted by atomic mass is 127. The van der Waals surface area contributed by atoms with Gasteiger partial charge in [0.15, 0.2) is 5.96 Å². The zero-order valence-corrected chi connectivity index (χ0v) is 17.5. The van der Waals surface area contributed by atoms with Crippen LogP contribution in [0.5, 0.6) is 5.75 Å². The Morgan fingerprint density at radius 1 is 1.08 bits per heavy atom. The van der Waals surface area contributed by atoms with E-state index in [4.69, 9.17) is 9.47 Å². The number of aryl methyl sites for hydroxylation is 1. The van der Waals surface area contributed by atoms with Gasteiger partial charge in [0, 0.05) is 39.3 Å². The first kappa shape index (κ1) is 23.0. The van der Waals surface area contributed by atoms with Crippen molar-refractivity contribution in [2.75, 3.05) is 39.5 Å². The summed E-state index contributed by atoms with van der Waals surface area (Å²) in [5.41, 5.74) is 1.17. The lowest BCUT2D eigenvalue weighted by molar-refractivity contribution is 0.145. The second-order valence-corrected chi connectivity index (χ2v) is 5.21. The molecule has 1 rings (SSSR count). The zero-order chi connectivity index (χ0) is 16.8. The molecule has 0 heterocycles. The molecule has 0 bridgehead atoms. The van der Waals surface area contributed by atoms with E-state index < -0.39 is 0 Å². The fourth-order valence-electron chi connectivity index (χ4n) is 2.02. The summed E-state index contributed by atoms with van der Waals surface area (Å²) in [6.45, 7) is 10.8. The minimum atomic E-state index is 0. The SMILES string of the molecule is CCNC(=NCCCOc1ccccc1C)NCCCOCC.I. The van der Waals surface area contributed by atoms with E-state index in [9.17, 15) is 0 Å². The summed E-state index contributed by atoms with van der Waals surface area (Å²) in [6.07, 6.45) is 1.87. The molecule has 138 valence electrons. The molecule has 0 aromatic heterocycles. The molecule has 0 saturated heterocycles. The first-order valence-electron chi connectivity index (χ1n) is 8.56. The van der Waals surface area contributed by atoms with E-state index >= 15 is 0 Å². The van der Waals surface area contributed by atoms with Gasteiger partial charge in [-0.05, 0) is 38.8 Å². The lowest BCUT2D eigenvalue weighted by Gasteiger charge is -2.11. The van der Waals surface area contributed by atoms with Crippen LogP contribution in [-0.4, -0.2) is 45.4 Å². The van der Waals surface area contributed by atoms with Crippen molar-refractivity contribution in [1.82, 2.24) is 10.6 Å². The zero-order valence-electron chi connectivity index (χ0n) is 15.1. The predicted octanol–water partition coefficient (Wildman–Crippen LogP) is 3.36. The first-order chi connectivity index (χ1) is 11.3. The number of nitrogens with zero attached hydrogens (tertiary/aromatic N) is 1. The van der Waals surface area contributed by atoms with Crippen LogP contribution in [0, 0.1) is 6.92 Å². The summed E-state index contributed by atoms with van der Waals surface area (Å²) in [5.74, 6) is 1.82. The van der Waals surface area contributed by atoms with Crippen LogP contribution in [0.1, 0.15) is 32.3 Å². The Balaban J connectivity index is 0.00000529. The summed E-state index contributed by atoms with van der Waals surface area (Å²) in [6, 6.07) is 8.08. The molecule has 0 unspecified atom stereocenters. The van der Waals surface area contributed by atoms with Crippen molar-refractivity contribution in [2.24, 2.45) is 4.99 Å². The van der Waals surface area contributed by atoms with Gasteiger partial charge in [-0.2, -0.15) is 0 Å². The number of para-hydroxylation sites is 1. The fourth-order valence-corrected chi connectivity index (χ4v) is 2.02.